The van der Waals surface area contributed by atoms with Crippen LogP contribution in [0.5, 0.6) is 0 Å². The predicted molar refractivity (Wildman–Crippen MR) is 82.9 cm³/mol. The first-order valence-electron chi connectivity index (χ1n) is 6.43. The second-order valence-corrected chi connectivity index (χ2v) is 7.23. The summed E-state index contributed by atoms with van der Waals surface area (Å²) < 4.78 is 36.9. The Balaban J connectivity index is 2.09. The van der Waals surface area contributed by atoms with Gasteiger partial charge in [0.25, 0.3) is 0 Å². The number of benzene rings is 2. The van der Waals surface area contributed by atoms with Crippen molar-refractivity contribution in [3.8, 4) is 0 Å². The van der Waals surface area contributed by atoms with Crippen LogP contribution in [0.1, 0.15) is 12.5 Å². The van der Waals surface area contributed by atoms with Crippen molar-refractivity contribution in [2.45, 2.75) is 18.4 Å². The van der Waals surface area contributed by atoms with Crippen LogP contribution in [0.15, 0.2) is 47.4 Å². The lowest BCUT2D eigenvalue weighted by Gasteiger charge is -2.09. The minimum atomic E-state index is -3.20. The molecule has 0 aliphatic rings. The van der Waals surface area contributed by atoms with E-state index in [4.69, 9.17) is 11.6 Å². The molecule has 112 valence electrons. The van der Waals surface area contributed by atoms with Crippen LogP contribution in [0.3, 0.4) is 0 Å². The van der Waals surface area contributed by atoms with Crippen LogP contribution >= 0.6 is 11.6 Å². The zero-order chi connectivity index (χ0) is 15.5. The van der Waals surface area contributed by atoms with Crippen molar-refractivity contribution in [1.82, 2.24) is 0 Å². The van der Waals surface area contributed by atoms with Crippen molar-refractivity contribution in [3.05, 3.63) is 58.9 Å². The van der Waals surface area contributed by atoms with E-state index in [9.17, 15) is 12.8 Å². The molecule has 0 aliphatic heterocycles. The summed E-state index contributed by atoms with van der Waals surface area (Å²) in [5.74, 6) is -0.273. The van der Waals surface area contributed by atoms with E-state index < -0.39 is 9.84 Å². The lowest BCUT2D eigenvalue weighted by molar-refractivity contribution is 0.597. The highest BCUT2D eigenvalue weighted by atomic mass is 35.5. The second-order valence-electron chi connectivity index (χ2n) is 4.52. The summed E-state index contributed by atoms with van der Waals surface area (Å²) >= 11 is 5.82. The molecule has 21 heavy (non-hydrogen) atoms. The van der Waals surface area contributed by atoms with E-state index in [-0.39, 0.29) is 23.0 Å². The fourth-order valence-electron chi connectivity index (χ4n) is 1.82. The lowest BCUT2D eigenvalue weighted by atomic mass is 10.2. The maximum atomic E-state index is 13.6. The Morgan fingerprint density at radius 1 is 1.14 bits per heavy atom. The van der Waals surface area contributed by atoms with Crippen molar-refractivity contribution in [1.29, 1.82) is 0 Å². The average Bonchev–Trinajstić information content (AvgIpc) is 2.48. The third kappa shape index (κ3) is 3.95. The summed E-state index contributed by atoms with van der Waals surface area (Å²) in [7, 11) is -3.20. The van der Waals surface area contributed by atoms with E-state index in [0.717, 1.165) is 0 Å². The monoisotopic (exact) mass is 327 g/mol. The number of hydrogen-bond acceptors (Lipinski definition) is 3. The van der Waals surface area contributed by atoms with E-state index in [1.165, 1.54) is 24.3 Å². The fourth-order valence-corrected chi connectivity index (χ4v) is 2.90. The van der Waals surface area contributed by atoms with Gasteiger partial charge in [0.1, 0.15) is 5.82 Å². The highest BCUT2D eigenvalue weighted by molar-refractivity contribution is 7.91. The average molecular weight is 328 g/mol. The normalized spacial score (nSPS) is 11.4. The summed E-state index contributed by atoms with van der Waals surface area (Å²) in [5.41, 5.74) is 1.16. The molecule has 2 aromatic rings. The van der Waals surface area contributed by atoms with Gasteiger partial charge in [-0.05, 0) is 42.5 Å². The summed E-state index contributed by atoms with van der Waals surface area (Å²) in [5, 5.41) is 3.50. The molecule has 0 aromatic heterocycles. The van der Waals surface area contributed by atoms with Gasteiger partial charge >= 0.3 is 0 Å². The third-order valence-electron chi connectivity index (χ3n) is 3.08. The Hall–Kier alpha value is -1.59. The van der Waals surface area contributed by atoms with E-state index in [0.29, 0.717) is 16.3 Å². The molecule has 0 saturated heterocycles. The molecule has 0 radical (unpaired) electrons. The number of halogens is 2. The van der Waals surface area contributed by atoms with Crippen LogP contribution in [-0.4, -0.2) is 14.2 Å². The highest BCUT2D eigenvalue weighted by Crippen LogP contribution is 2.18. The zero-order valence-electron chi connectivity index (χ0n) is 11.4. The molecule has 0 fully saturated rings. The maximum Gasteiger partial charge on any atom is 0.178 e. The van der Waals surface area contributed by atoms with Crippen molar-refractivity contribution in [3.63, 3.8) is 0 Å². The molecule has 0 amide bonds. The van der Waals surface area contributed by atoms with Gasteiger partial charge in [0, 0.05) is 22.8 Å². The lowest BCUT2D eigenvalue weighted by Crippen LogP contribution is -2.05. The minimum Gasteiger partial charge on any atom is -0.381 e. The van der Waals surface area contributed by atoms with Crippen LogP contribution < -0.4 is 5.32 Å². The minimum absolute atomic E-state index is 0.0630. The molecule has 0 heterocycles. The molecule has 6 heteroatoms. The van der Waals surface area contributed by atoms with E-state index in [1.807, 2.05) is 0 Å². The van der Waals surface area contributed by atoms with Crippen LogP contribution in [0.4, 0.5) is 10.1 Å². The number of anilines is 1. The topological polar surface area (TPSA) is 46.2 Å². The third-order valence-corrected chi connectivity index (χ3v) is 5.07. The fraction of sp³-hybridized carbons (Fsp3) is 0.200. The van der Waals surface area contributed by atoms with Crippen molar-refractivity contribution < 1.29 is 12.8 Å². The number of nitrogens with one attached hydrogen (secondary N) is 1. The van der Waals surface area contributed by atoms with Gasteiger partial charge in [-0.2, -0.15) is 0 Å². The van der Waals surface area contributed by atoms with Gasteiger partial charge in [0.15, 0.2) is 9.84 Å². The Morgan fingerprint density at radius 3 is 2.43 bits per heavy atom. The zero-order valence-corrected chi connectivity index (χ0v) is 13.0. The van der Waals surface area contributed by atoms with E-state index in [1.54, 1.807) is 25.1 Å². The first-order chi connectivity index (χ1) is 9.92. The maximum absolute atomic E-state index is 13.6. The van der Waals surface area contributed by atoms with Gasteiger partial charge < -0.3 is 5.32 Å². The standard InChI is InChI=1S/C15H15ClFNO2S/c1-2-21(19,20)14-6-4-13(5-7-14)18-10-11-9-12(16)3-8-15(11)17/h3-9,18H,2,10H2,1H3. The number of rotatable bonds is 5. The molecule has 1 N–H and O–H groups in total. The molecule has 0 saturated carbocycles. The molecule has 0 atom stereocenters. The molecule has 0 aliphatic carbocycles. The Labute approximate surface area is 128 Å². The van der Waals surface area contributed by atoms with Crippen LogP contribution in [0.25, 0.3) is 0 Å². The Bertz CT molecular complexity index is 730. The molecule has 0 bridgehead atoms. The van der Waals surface area contributed by atoms with Gasteiger partial charge in [0.05, 0.1) is 10.6 Å². The summed E-state index contributed by atoms with van der Waals surface area (Å²) in [6, 6.07) is 10.8. The molecule has 2 rings (SSSR count). The molecular formula is C15H15ClFNO2S. The van der Waals surface area contributed by atoms with Crippen molar-refractivity contribution in [2.75, 3.05) is 11.1 Å². The van der Waals surface area contributed by atoms with Gasteiger partial charge in [-0.15, -0.1) is 0 Å². The SMILES string of the molecule is CCS(=O)(=O)c1ccc(NCc2cc(Cl)ccc2F)cc1. The highest BCUT2D eigenvalue weighted by Gasteiger charge is 2.10. The van der Waals surface area contributed by atoms with Crippen LogP contribution in [-0.2, 0) is 16.4 Å². The predicted octanol–water partition coefficient (Wildman–Crippen LogP) is 3.88. The van der Waals surface area contributed by atoms with Crippen LogP contribution in [0, 0.1) is 5.82 Å². The van der Waals surface area contributed by atoms with E-state index in [2.05, 4.69) is 5.32 Å². The largest absolute Gasteiger partial charge is 0.381 e. The summed E-state index contributed by atoms with van der Waals surface area (Å²) in [6.07, 6.45) is 0. The van der Waals surface area contributed by atoms with Gasteiger partial charge in [-0.25, -0.2) is 12.8 Å². The number of sulfone groups is 1. The molecular weight excluding hydrogens is 313 g/mol. The smallest absolute Gasteiger partial charge is 0.178 e. The van der Waals surface area contributed by atoms with Gasteiger partial charge in [0.2, 0.25) is 0 Å². The second kappa shape index (κ2) is 6.45. The molecule has 0 unspecified atom stereocenters. The van der Waals surface area contributed by atoms with Gasteiger partial charge in [-0.3, -0.25) is 0 Å². The molecule has 2 aromatic carbocycles. The van der Waals surface area contributed by atoms with Gasteiger partial charge in [-0.1, -0.05) is 18.5 Å². The number of hydrogen-bond donors (Lipinski definition) is 1. The Morgan fingerprint density at radius 2 is 1.81 bits per heavy atom. The summed E-state index contributed by atoms with van der Waals surface area (Å²) in [6.45, 7) is 1.87. The van der Waals surface area contributed by atoms with Crippen LogP contribution in [0.2, 0.25) is 5.02 Å². The van der Waals surface area contributed by atoms with Crippen molar-refractivity contribution >= 4 is 27.1 Å². The van der Waals surface area contributed by atoms with Crippen molar-refractivity contribution in [2.24, 2.45) is 0 Å². The molecule has 0 spiro atoms. The van der Waals surface area contributed by atoms with E-state index >= 15 is 0 Å². The summed E-state index contributed by atoms with van der Waals surface area (Å²) in [4.78, 5) is 0.282. The first-order valence-corrected chi connectivity index (χ1v) is 8.46. The quantitative estimate of drug-likeness (QED) is 0.906. The Kier molecular flexibility index (Phi) is 4.85. The first kappa shape index (κ1) is 15.8. The molecule has 3 nitrogen and oxygen atoms in total.